The lowest BCUT2D eigenvalue weighted by atomic mass is 9.82. The van der Waals surface area contributed by atoms with E-state index < -0.39 is 0 Å². The smallest absolute Gasteiger partial charge is 0.130 e. The summed E-state index contributed by atoms with van der Waals surface area (Å²) >= 11 is 0. The summed E-state index contributed by atoms with van der Waals surface area (Å²) in [5.41, 5.74) is 3.85. The number of methoxy groups -OCH3 is 3. The summed E-state index contributed by atoms with van der Waals surface area (Å²) < 4.78 is 17.0. The molecular formula is C30H36N2O3. The molecule has 0 aromatic heterocycles. The van der Waals surface area contributed by atoms with Crippen molar-refractivity contribution >= 4 is 0 Å². The van der Waals surface area contributed by atoms with Crippen molar-refractivity contribution < 1.29 is 14.2 Å². The molecule has 0 amide bonds. The first kappa shape index (κ1) is 23.7. The predicted octanol–water partition coefficient (Wildman–Crippen LogP) is 5.19. The predicted molar refractivity (Wildman–Crippen MR) is 140 cm³/mol. The molecule has 0 spiro atoms. The molecule has 2 saturated heterocycles. The second-order valence-corrected chi connectivity index (χ2v) is 9.60. The molecule has 5 nitrogen and oxygen atoms in total. The van der Waals surface area contributed by atoms with Crippen molar-refractivity contribution in [2.45, 2.75) is 37.4 Å². The van der Waals surface area contributed by atoms with Gasteiger partial charge in [-0.2, -0.15) is 0 Å². The monoisotopic (exact) mass is 472 g/mol. The highest BCUT2D eigenvalue weighted by Crippen LogP contribution is 2.40. The standard InChI is InChI=1S/C30H36N2O3/c1-33-25-17-28(34-2)26(29(18-25)35-3)20-31-19-24-15-10-16-32(24)27(21-31)30(22-11-6-4-7-12-22)23-13-8-5-9-14-23/h4-9,11-14,17-18,24,27,30H,10,15-16,19-21H2,1-3H3. The maximum atomic E-state index is 5.77. The molecule has 0 bridgehead atoms. The molecule has 184 valence electrons. The van der Waals surface area contributed by atoms with Crippen molar-refractivity contribution in [3.8, 4) is 17.2 Å². The van der Waals surface area contributed by atoms with E-state index in [2.05, 4.69) is 70.5 Å². The van der Waals surface area contributed by atoms with Crippen molar-refractivity contribution in [1.82, 2.24) is 9.80 Å². The fraction of sp³-hybridized carbons (Fsp3) is 0.400. The second-order valence-electron chi connectivity index (χ2n) is 9.60. The van der Waals surface area contributed by atoms with E-state index in [0.29, 0.717) is 18.0 Å². The van der Waals surface area contributed by atoms with Crippen LogP contribution >= 0.6 is 0 Å². The zero-order valence-corrected chi connectivity index (χ0v) is 21.0. The minimum atomic E-state index is 0.320. The summed E-state index contributed by atoms with van der Waals surface area (Å²) in [5, 5.41) is 0. The van der Waals surface area contributed by atoms with Crippen LogP contribution in [0, 0.1) is 0 Å². The maximum absolute atomic E-state index is 5.77. The van der Waals surface area contributed by atoms with E-state index in [0.717, 1.165) is 42.4 Å². The molecule has 0 N–H and O–H groups in total. The van der Waals surface area contributed by atoms with Gasteiger partial charge in [-0.05, 0) is 30.5 Å². The Bertz CT molecular complexity index is 1040. The fourth-order valence-electron chi connectivity index (χ4n) is 6.07. The normalized spacial score (nSPS) is 20.6. The summed E-state index contributed by atoms with van der Waals surface area (Å²) in [6.45, 7) is 4.01. The van der Waals surface area contributed by atoms with Crippen LogP contribution in [0.5, 0.6) is 17.2 Å². The Balaban J connectivity index is 1.50. The number of piperazine rings is 1. The van der Waals surface area contributed by atoms with Gasteiger partial charge in [0.05, 0.1) is 26.9 Å². The Morgan fingerprint density at radius 3 is 1.94 bits per heavy atom. The lowest BCUT2D eigenvalue weighted by molar-refractivity contribution is 0.0377. The minimum absolute atomic E-state index is 0.320. The van der Waals surface area contributed by atoms with E-state index in [1.807, 2.05) is 12.1 Å². The molecule has 0 saturated carbocycles. The van der Waals surface area contributed by atoms with Gasteiger partial charge < -0.3 is 14.2 Å². The number of nitrogens with zero attached hydrogens (tertiary/aromatic N) is 2. The summed E-state index contributed by atoms with van der Waals surface area (Å²) in [6.07, 6.45) is 2.51. The van der Waals surface area contributed by atoms with E-state index >= 15 is 0 Å². The van der Waals surface area contributed by atoms with Gasteiger partial charge in [-0.1, -0.05) is 60.7 Å². The number of benzene rings is 3. The topological polar surface area (TPSA) is 34.2 Å². The average Bonchev–Trinajstić information content (AvgIpc) is 3.39. The van der Waals surface area contributed by atoms with Gasteiger partial charge in [-0.3, -0.25) is 9.80 Å². The van der Waals surface area contributed by atoms with Gasteiger partial charge >= 0.3 is 0 Å². The summed E-state index contributed by atoms with van der Waals surface area (Å²) in [6, 6.07) is 26.9. The Hall–Kier alpha value is -3.02. The van der Waals surface area contributed by atoms with E-state index in [1.54, 1.807) is 21.3 Å². The van der Waals surface area contributed by atoms with Crippen LogP contribution in [-0.2, 0) is 6.54 Å². The lowest BCUT2D eigenvalue weighted by Gasteiger charge is -2.47. The van der Waals surface area contributed by atoms with Gasteiger partial charge in [-0.15, -0.1) is 0 Å². The van der Waals surface area contributed by atoms with Gasteiger partial charge in [0, 0.05) is 49.8 Å². The second kappa shape index (κ2) is 10.7. The van der Waals surface area contributed by atoms with Gasteiger partial charge in [0.2, 0.25) is 0 Å². The van der Waals surface area contributed by atoms with E-state index in [1.165, 1.54) is 30.5 Å². The quantitative estimate of drug-likeness (QED) is 0.451. The molecule has 2 aliphatic heterocycles. The summed E-state index contributed by atoms with van der Waals surface area (Å²) in [7, 11) is 5.11. The first-order valence-corrected chi connectivity index (χ1v) is 12.6. The molecule has 2 heterocycles. The van der Waals surface area contributed by atoms with Crippen molar-refractivity contribution in [1.29, 1.82) is 0 Å². The number of hydrogen-bond acceptors (Lipinski definition) is 5. The van der Waals surface area contributed by atoms with Gasteiger partial charge in [0.15, 0.2) is 0 Å². The highest BCUT2D eigenvalue weighted by molar-refractivity contribution is 5.50. The molecule has 3 aromatic carbocycles. The zero-order valence-electron chi connectivity index (χ0n) is 21.0. The minimum Gasteiger partial charge on any atom is -0.496 e. The largest absolute Gasteiger partial charge is 0.496 e. The SMILES string of the molecule is COc1cc(OC)c(CN2CC3CCCN3C(C(c3ccccc3)c3ccccc3)C2)c(OC)c1. The molecule has 2 fully saturated rings. The third kappa shape index (κ3) is 4.89. The van der Waals surface area contributed by atoms with Crippen LogP contribution in [0.3, 0.4) is 0 Å². The highest BCUT2D eigenvalue weighted by atomic mass is 16.5. The number of ether oxygens (including phenoxy) is 3. The molecule has 2 unspecified atom stereocenters. The molecule has 0 aliphatic carbocycles. The van der Waals surface area contributed by atoms with Crippen molar-refractivity contribution in [3.05, 3.63) is 89.5 Å². The molecule has 5 rings (SSSR count). The van der Waals surface area contributed by atoms with Crippen molar-refractivity contribution in [2.24, 2.45) is 0 Å². The summed E-state index contributed by atoms with van der Waals surface area (Å²) in [5.74, 6) is 2.69. The number of fused-ring (bicyclic) bond motifs is 1. The van der Waals surface area contributed by atoms with Gasteiger partial charge in [0.25, 0.3) is 0 Å². The molecule has 2 atom stereocenters. The Kier molecular flexibility index (Phi) is 7.26. The molecule has 5 heteroatoms. The van der Waals surface area contributed by atoms with Crippen LogP contribution in [0.25, 0.3) is 0 Å². The Morgan fingerprint density at radius 1 is 0.800 bits per heavy atom. The maximum Gasteiger partial charge on any atom is 0.130 e. The zero-order chi connectivity index (χ0) is 24.2. The van der Waals surface area contributed by atoms with Gasteiger partial charge in [-0.25, -0.2) is 0 Å². The van der Waals surface area contributed by atoms with Crippen LogP contribution in [0.4, 0.5) is 0 Å². The Morgan fingerprint density at radius 2 is 1.40 bits per heavy atom. The van der Waals surface area contributed by atoms with Gasteiger partial charge in [0.1, 0.15) is 17.2 Å². The van der Waals surface area contributed by atoms with Crippen LogP contribution in [-0.4, -0.2) is 62.8 Å². The van der Waals surface area contributed by atoms with E-state index in [4.69, 9.17) is 14.2 Å². The number of hydrogen-bond donors (Lipinski definition) is 0. The molecule has 2 aliphatic rings. The molecule has 35 heavy (non-hydrogen) atoms. The third-order valence-corrected chi connectivity index (χ3v) is 7.66. The third-order valence-electron chi connectivity index (χ3n) is 7.66. The summed E-state index contributed by atoms with van der Waals surface area (Å²) in [4.78, 5) is 5.38. The van der Waals surface area contributed by atoms with Crippen molar-refractivity contribution in [2.75, 3.05) is 41.0 Å². The highest BCUT2D eigenvalue weighted by Gasteiger charge is 2.42. The van der Waals surface area contributed by atoms with Crippen LogP contribution in [0.1, 0.15) is 35.4 Å². The van der Waals surface area contributed by atoms with Crippen molar-refractivity contribution in [3.63, 3.8) is 0 Å². The van der Waals surface area contributed by atoms with E-state index in [-0.39, 0.29) is 0 Å². The van der Waals surface area contributed by atoms with Crippen LogP contribution in [0.2, 0.25) is 0 Å². The van der Waals surface area contributed by atoms with Crippen LogP contribution in [0.15, 0.2) is 72.8 Å². The molecule has 3 aromatic rings. The number of rotatable bonds is 8. The Labute approximate surface area is 209 Å². The lowest BCUT2D eigenvalue weighted by Crippen LogP contribution is -2.57. The first-order chi connectivity index (χ1) is 17.2. The fourth-order valence-corrected chi connectivity index (χ4v) is 6.07. The molecular weight excluding hydrogens is 436 g/mol. The first-order valence-electron chi connectivity index (χ1n) is 12.6. The van der Waals surface area contributed by atoms with E-state index in [9.17, 15) is 0 Å². The van der Waals surface area contributed by atoms with Crippen LogP contribution < -0.4 is 14.2 Å². The molecule has 0 radical (unpaired) electrons. The average molecular weight is 473 g/mol.